The Morgan fingerprint density at radius 3 is 2.65 bits per heavy atom. The molecule has 2 aromatic heterocycles. The average Bonchev–Trinajstić information content (AvgIpc) is 3.23. The van der Waals surface area contributed by atoms with Crippen molar-refractivity contribution in [2.75, 3.05) is 0 Å². The molecule has 0 aliphatic carbocycles. The molecule has 1 aliphatic heterocycles. The lowest BCUT2D eigenvalue weighted by atomic mass is 9.86. The number of aromatic nitrogens is 2. The number of fused-ring (bicyclic) bond motifs is 3. The maximum Gasteiger partial charge on any atom is 0.343 e. The highest BCUT2D eigenvalue weighted by molar-refractivity contribution is 5.85. The SMILES string of the molecule is O=c1oc2ccccc2c2c1[C@@H](c1ccccc1)C[C@H](n1ccnc1)O2. The van der Waals surface area contributed by atoms with Crippen molar-refractivity contribution in [3.8, 4) is 5.75 Å². The summed E-state index contributed by atoms with van der Waals surface area (Å²) in [5.74, 6) is 0.504. The summed E-state index contributed by atoms with van der Waals surface area (Å²) in [5.41, 5.74) is 1.86. The largest absolute Gasteiger partial charge is 0.469 e. The predicted molar refractivity (Wildman–Crippen MR) is 97.3 cm³/mol. The highest BCUT2D eigenvalue weighted by Gasteiger charge is 2.34. The van der Waals surface area contributed by atoms with E-state index in [1.165, 1.54) is 0 Å². The van der Waals surface area contributed by atoms with Gasteiger partial charge in [0.15, 0.2) is 6.23 Å². The fourth-order valence-electron chi connectivity index (χ4n) is 3.68. The zero-order chi connectivity index (χ0) is 17.5. The summed E-state index contributed by atoms with van der Waals surface area (Å²) >= 11 is 0. The van der Waals surface area contributed by atoms with Crippen LogP contribution in [-0.2, 0) is 0 Å². The smallest absolute Gasteiger partial charge is 0.343 e. The zero-order valence-corrected chi connectivity index (χ0v) is 13.9. The molecule has 0 radical (unpaired) electrons. The molecule has 2 aromatic carbocycles. The Hall–Kier alpha value is -3.34. The molecule has 0 N–H and O–H groups in total. The second kappa shape index (κ2) is 5.88. The summed E-state index contributed by atoms with van der Waals surface area (Å²) < 4.78 is 13.8. The van der Waals surface area contributed by atoms with Crippen molar-refractivity contribution in [3.05, 3.63) is 94.9 Å². The van der Waals surface area contributed by atoms with Crippen molar-refractivity contribution in [2.24, 2.45) is 0 Å². The third-order valence-electron chi connectivity index (χ3n) is 4.90. The number of para-hydroxylation sites is 1. The monoisotopic (exact) mass is 344 g/mol. The number of hydrogen-bond acceptors (Lipinski definition) is 4. The van der Waals surface area contributed by atoms with Gasteiger partial charge in [0.2, 0.25) is 0 Å². The van der Waals surface area contributed by atoms with Crippen LogP contribution >= 0.6 is 0 Å². The maximum atomic E-state index is 12.8. The Labute approximate surface area is 149 Å². The lowest BCUT2D eigenvalue weighted by molar-refractivity contribution is 0.0995. The molecule has 5 nitrogen and oxygen atoms in total. The number of benzene rings is 2. The number of rotatable bonds is 2. The molecule has 26 heavy (non-hydrogen) atoms. The minimum Gasteiger partial charge on any atom is -0.469 e. The number of ether oxygens (including phenoxy) is 1. The van der Waals surface area contributed by atoms with Gasteiger partial charge < -0.3 is 13.7 Å². The summed E-state index contributed by atoms with van der Waals surface area (Å²) in [6, 6.07) is 17.5. The van der Waals surface area contributed by atoms with E-state index >= 15 is 0 Å². The molecule has 0 fully saturated rings. The lowest BCUT2D eigenvalue weighted by Crippen LogP contribution is -2.28. The standard InChI is InChI=1S/C21H16N2O3/c24-21-19-16(14-6-2-1-3-7-14)12-18(23-11-10-22-13-23)26-20(19)15-8-4-5-9-17(15)25-21/h1-11,13,16,18H,12H2/t16-,18-/m1/s1. The van der Waals surface area contributed by atoms with Crippen LogP contribution in [0.25, 0.3) is 11.0 Å². The summed E-state index contributed by atoms with van der Waals surface area (Å²) in [5, 5.41) is 0.813. The van der Waals surface area contributed by atoms with Gasteiger partial charge >= 0.3 is 5.63 Å². The molecule has 0 bridgehead atoms. The number of imidazole rings is 1. The van der Waals surface area contributed by atoms with Gasteiger partial charge in [-0.05, 0) is 17.7 Å². The van der Waals surface area contributed by atoms with Crippen LogP contribution in [0, 0.1) is 0 Å². The fraction of sp³-hybridized carbons (Fsp3) is 0.143. The van der Waals surface area contributed by atoms with Gasteiger partial charge in [0, 0.05) is 24.7 Å². The van der Waals surface area contributed by atoms with Crippen LogP contribution in [0.15, 0.2) is 82.5 Å². The van der Waals surface area contributed by atoms with Crippen molar-refractivity contribution in [1.82, 2.24) is 9.55 Å². The van der Waals surface area contributed by atoms with Crippen LogP contribution < -0.4 is 10.4 Å². The van der Waals surface area contributed by atoms with E-state index in [1.54, 1.807) is 18.6 Å². The van der Waals surface area contributed by atoms with Gasteiger partial charge in [0.05, 0.1) is 17.3 Å². The van der Waals surface area contributed by atoms with Gasteiger partial charge in [-0.25, -0.2) is 9.78 Å². The first kappa shape index (κ1) is 15.0. The molecule has 2 atom stereocenters. The molecule has 0 unspecified atom stereocenters. The first-order valence-electron chi connectivity index (χ1n) is 8.56. The molecule has 0 saturated heterocycles. The number of nitrogens with zero attached hydrogens (tertiary/aromatic N) is 2. The molecule has 4 aromatic rings. The maximum absolute atomic E-state index is 12.8. The Morgan fingerprint density at radius 2 is 1.85 bits per heavy atom. The van der Waals surface area contributed by atoms with Gasteiger partial charge in [-0.15, -0.1) is 0 Å². The van der Waals surface area contributed by atoms with Gasteiger partial charge in [-0.3, -0.25) is 0 Å². The van der Waals surface area contributed by atoms with Crippen LogP contribution in [-0.4, -0.2) is 9.55 Å². The fourth-order valence-corrected chi connectivity index (χ4v) is 3.68. The molecule has 0 saturated carbocycles. The van der Waals surface area contributed by atoms with Crippen LogP contribution in [0.4, 0.5) is 0 Å². The first-order chi connectivity index (χ1) is 12.8. The third kappa shape index (κ3) is 2.32. The Morgan fingerprint density at radius 1 is 1.04 bits per heavy atom. The average molecular weight is 344 g/mol. The minimum absolute atomic E-state index is 0.104. The van der Waals surface area contributed by atoms with E-state index in [-0.39, 0.29) is 17.8 Å². The lowest BCUT2D eigenvalue weighted by Gasteiger charge is -2.32. The Kier molecular flexibility index (Phi) is 3.38. The predicted octanol–water partition coefficient (Wildman–Crippen LogP) is 4.10. The van der Waals surface area contributed by atoms with E-state index in [0.29, 0.717) is 23.3 Å². The van der Waals surface area contributed by atoms with E-state index in [1.807, 2.05) is 59.3 Å². The summed E-state index contributed by atoms with van der Waals surface area (Å²) in [7, 11) is 0. The second-order valence-electron chi connectivity index (χ2n) is 6.41. The quantitative estimate of drug-likeness (QED) is 0.514. The Bertz CT molecular complexity index is 1120. The normalized spacial score (nSPS) is 19.1. The highest BCUT2D eigenvalue weighted by Crippen LogP contribution is 2.44. The van der Waals surface area contributed by atoms with Crippen molar-refractivity contribution in [3.63, 3.8) is 0 Å². The van der Waals surface area contributed by atoms with Gasteiger partial charge in [-0.1, -0.05) is 42.5 Å². The highest BCUT2D eigenvalue weighted by atomic mass is 16.5. The van der Waals surface area contributed by atoms with Crippen molar-refractivity contribution in [1.29, 1.82) is 0 Å². The van der Waals surface area contributed by atoms with Gasteiger partial charge in [0.1, 0.15) is 11.3 Å². The molecule has 3 heterocycles. The van der Waals surface area contributed by atoms with Crippen LogP contribution in [0.3, 0.4) is 0 Å². The molecule has 0 spiro atoms. The molecule has 5 heteroatoms. The molecule has 0 amide bonds. The second-order valence-corrected chi connectivity index (χ2v) is 6.41. The first-order valence-corrected chi connectivity index (χ1v) is 8.56. The summed E-state index contributed by atoms with van der Waals surface area (Å²) in [4.78, 5) is 16.9. The molecule has 1 aliphatic rings. The van der Waals surface area contributed by atoms with E-state index in [4.69, 9.17) is 9.15 Å². The third-order valence-corrected chi connectivity index (χ3v) is 4.90. The molecule has 128 valence electrons. The van der Waals surface area contributed by atoms with Crippen molar-refractivity contribution >= 4 is 11.0 Å². The van der Waals surface area contributed by atoms with Crippen LogP contribution in [0.1, 0.15) is 29.7 Å². The van der Waals surface area contributed by atoms with E-state index in [0.717, 1.165) is 10.9 Å². The Balaban J connectivity index is 1.77. The van der Waals surface area contributed by atoms with Gasteiger partial charge in [0.25, 0.3) is 0 Å². The minimum atomic E-state index is -0.336. The zero-order valence-electron chi connectivity index (χ0n) is 13.9. The van der Waals surface area contributed by atoms with Gasteiger partial charge in [-0.2, -0.15) is 0 Å². The van der Waals surface area contributed by atoms with E-state index < -0.39 is 0 Å². The van der Waals surface area contributed by atoms with Crippen LogP contribution in [0.2, 0.25) is 0 Å². The van der Waals surface area contributed by atoms with E-state index in [2.05, 4.69) is 4.98 Å². The van der Waals surface area contributed by atoms with Crippen molar-refractivity contribution in [2.45, 2.75) is 18.6 Å². The van der Waals surface area contributed by atoms with E-state index in [9.17, 15) is 4.79 Å². The molecular weight excluding hydrogens is 328 g/mol. The summed E-state index contributed by atoms with van der Waals surface area (Å²) in [6.07, 6.45) is 5.75. The molecular formula is C21H16N2O3. The number of hydrogen-bond donors (Lipinski definition) is 0. The molecule has 5 rings (SSSR count). The van der Waals surface area contributed by atoms with Crippen LogP contribution in [0.5, 0.6) is 5.75 Å². The topological polar surface area (TPSA) is 57.3 Å². The van der Waals surface area contributed by atoms with Crippen molar-refractivity contribution < 1.29 is 9.15 Å². The summed E-state index contributed by atoms with van der Waals surface area (Å²) in [6.45, 7) is 0.